The first-order chi connectivity index (χ1) is 14.9. The molecule has 2 amide bonds. The van der Waals surface area contributed by atoms with Crippen LogP contribution in [0.15, 0.2) is 54.6 Å². The van der Waals surface area contributed by atoms with Crippen LogP contribution in [0.25, 0.3) is 10.8 Å². The van der Waals surface area contributed by atoms with Gasteiger partial charge in [-0.2, -0.15) is 0 Å². The summed E-state index contributed by atoms with van der Waals surface area (Å²) in [6, 6.07) is 15.5. The maximum atomic E-state index is 12.8. The summed E-state index contributed by atoms with van der Waals surface area (Å²) in [4.78, 5) is 25.0. The minimum absolute atomic E-state index is 0.0688. The van der Waals surface area contributed by atoms with E-state index in [0.717, 1.165) is 0 Å². The molecule has 0 heterocycles. The second-order valence-electron chi connectivity index (χ2n) is 7.37. The molecule has 0 aliphatic rings. The Bertz CT molecular complexity index is 1080. The fourth-order valence-electron chi connectivity index (χ4n) is 3.09. The van der Waals surface area contributed by atoms with Gasteiger partial charge in [-0.3, -0.25) is 10.1 Å². The second-order valence-corrected chi connectivity index (χ2v) is 7.37. The van der Waals surface area contributed by atoms with Gasteiger partial charge < -0.3 is 19.9 Å². The highest BCUT2D eigenvalue weighted by Gasteiger charge is 2.21. The molecule has 3 rings (SSSR count). The summed E-state index contributed by atoms with van der Waals surface area (Å²) < 4.78 is 10.9. The van der Waals surface area contributed by atoms with Gasteiger partial charge in [0.05, 0.1) is 29.9 Å². The molecule has 0 aliphatic carbocycles. The molecule has 0 spiro atoms. The summed E-state index contributed by atoms with van der Waals surface area (Å²) in [5.41, 5.74) is 1.09. The number of rotatable bonds is 7. The van der Waals surface area contributed by atoms with Crippen molar-refractivity contribution in [1.82, 2.24) is 0 Å². The molecule has 0 saturated carbocycles. The van der Waals surface area contributed by atoms with E-state index in [-0.39, 0.29) is 23.8 Å². The number of hydrogen-bond acceptors (Lipinski definition) is 5. The second kappa shape index (κ2) is 9.84. The zero-order chi connectivity index (χ0) is 22.4. The minimum atomic E-state index is -0.603. The molecule has 0 atom stereocenters. The Hall–Kier alpha value is -3.74. The molecule has 0 saturated heterocycles. The summed E-state index contributed by atoms with van der Waals surface area (Å²) >= 11 is 0. The largest absolute Gasteiger partial charge is 0.506 e. The molecule has 0 bridgehead atoms. The quantitative estimate of drug-likeness (QED) is 0.474. The first-order valence-electron chi connectivity index (χ1n) is 10.1. The number of aromatic hydroxyl groups is 1. The van der Waals surface area contributed by atoms with Gasteiger partial charge in [0.15, 0.2) is 0 Å². The number of amides is 2. The molecule has 0 unspecified atom stereocenters. The lowest BCUT2D eigenvalue weighted by Crippen LogP contribution is -2.17. The minimum Gasteiger partial charge on any atom is -0.506 e. The predicted molar refractivity (Wildman–Crippen MR) is 121 cm³/mol. The standard InChI is InChI=1S/C24H26N2O5/c1-4-30-20-13-18(23(28)25-16-9-6-5-7-10-16)22(27)17-11-8-12-19(21(17)20)26-24(29)31-14-15(2)3/h5-13,15,27H,4,14H2,1-3H3,(H,25,28)(H,26,29). The fraction of sp³-hybridized carbons (Fsp3) is 0.250. The number of para-hydroxylation sites is 1. The highest BCUT2D eigenvalue weighted by Crippen LogP contribution is 2.40. The van der Waals surface area contributed by atoms with Gasteiger partial charge in [0.2, 0.25) is 0 Å². The molecule has 0 radical (unpaired) electrons. The third kappa shape index (κ3) is 5.25. The Morgan fingerprint density at radius 3 is 2.45 bits per heavy atom. The van der Waals surface area contributed by atoms with Crippen molar-refractivity contribution in [3.8, 4) is 11.5 Å². The number of carbonyl (C=O) groups is 2. The van der Waals surface area contributed by atoms with Crippen molar-refractivity contribution in [3.05, 3.63) is 60.2 Å². The van der Waals surface area contributed by atoms with Crippen LogP contribution < -0.4 is 15.4 Å². The molecule has 3 aromatic rings. The molecule has 3 aromatic carbocycles. The first-order valence-corrected chi connectivity index (χ1v) is 10.1. The third-order valence-corrected chi connectivity index (χ3v) is 4.46. The van der Waals surface area contributed by atoms with E-state index in [1.165, 1.54) is 6.07 Å². The molecule has 0 aliphatic heterocycles. The zero-order valence-corrected chi connectivity index (χ0v) is 17.8. The fourth-order valence-corrected chi connectivity index (χ4v) is 3.09. The van der Waals surface area contributed by atoms with Gasteiger partial charge in [-0.05, 0) is 37.1 Å². The summed E-state index contributed by atoms with van der Waals surface area (Å²) in [5, 5.41) is 17.2. The van der Waals surface area contributed by atoms with E-state index in [9.17, 15) is 14.7 Å². The van der Waals surface area contributed by atoms with E-state index in [1.807, 2.05) is 26.8 Å². The van der Waals surface area contributed by atoms with Crippen molar-refractivity contribution in [2.75, 3.05) is 23.8 Å². The monoisotopic (exact) mass is 422 g/mol. The van der Waals surface area contributed by atoms with Crippen molar-refractivity contribution in [2.24, 2.45) is 5.92 Å². The van der Waals surface area contributed by atoms with E-state index in [1.54, 1.807) is 42.5 Å². The van der Waals surface area contributed by atoms with Crippen LogP contribution in [-0.2, 0) is 4.74 Å². The molecule has 7 heteroatoms. The van der Waals surface area contributed by atoms with E-state index in [4.69, 9.17) is 9.47 Å². The number of carbonyl (C=O) groups excluding carboxylic acids is 2. The molecule has 7 nitrogen and oxygen atoms in total. The maximum absolute atomic E-state index is 12.8. The Balaban J connectivity index is 2.01. The van der Waals surface area contributed by atoms with Crippen LogP contribution in [0.1, 0.15) is 31.1 Å². The number of phenols is 1. The van der Waals surface area contributed by atoms with Gasteiger partial charge in [0, 0.05) is 11.1 Å². The molecule has 0 fully saturated rings. The van der Waals surface area contributed by atoms with Gasteiger partial charge in [-0.25, -0.2) is 4.79 Å². The lowest BCUT2D eigenvalue weighted by atomic mass is 10.0. The molecular formula is C24H26N2O5. The number of ether oxygens (including phenoxy) is 2. The number of benzene rings is 3. The van der Waals surface area contributed by atoms with E-state index < -0.39 is 12.0 Å². The van der Waals surface area contributed by atoms with Crippen LogP contribution in [0.2, 0.25) is 0 Å². The van der Waals surface area contributed by atoms with E-state index in [2.05, 4.69) is 10.6 Å². The highest BCUT2D eigenvalue weighted by molar-refractivity contribution is 6.14. The van der Waals surface area contributed by atoms with Crippen molar-refractivity contribution >= 4 is 34.1 Å². The SMILES string of the molecule is CCOc1cc(C(=O)Nc2ccccc2)c(O)c2cccc(NC(=O)OCC(C)C)c12. The lowest BCUT2D eigenvalue weighted by Gasteiger charge is -2.17. The summed E-state index contributed by atoms with van der Waals surface area (Å²) in [7, 11) is 0. The van der Waals surface area contributed by atoms with Gasteiger partial charge in [-0.15, -0.1) is 0 Å². The van der Waals surface area contributed by atoms with Crippen LogP contribution in [0, 0.1) is 5.92 Å². The van der Waals surface area contributed by atoms with Crippen LogP contribution in [-0.4, -0.2) is 30.3 Å². The van der Waals surface area contributed by atoms with Gasteiger partial charge in [-0.1, -0.05) is 44.2 Å². The smallest absolute Gasteiger partial charge is 0.411 e. The first kappa shape index (κ1) is 22.0. The Morgan fingerprint density at radius 1 is 1.03 bits per heavy atom. The number of phenolic OH excluding ortho intramolecular Hbond substituents is 1. The highest BCUT2D eigenvalue weighted by atomic mass is 16.5. The maximum Gasteiger partial charge on any atom is 0.411 e. The van der Waals surface area contributed by atoms with E-state index in [0.29, 0.717) is 34.5 Å². The topological polar surface area (TPSA) is 96.9 Å². The average Bonchev–Trinajstić information content (AvgIpc) is 2.75. The van der Waals surface area contributed by atoms with Crippen molar-refractivity contribution < 1.29 is 24.2 Å². The van der Waals surface area contributed by atoms with Crippen molar-refractivity contribution in [2.45, 2.75) is 20.8 Å². The Kier molecular flexibility index (Phi) is 6.97. The van der Waals surface area contributed by atoms with Crippen molar-refractivity contribution in [3.63, 3.8) is 0 Å². The van der Waals surface area contributed by atoms with Crippen molar-refractivity contribution in [1.29, 1.82) is 0 Å². The normalized spacial score (nSPS) is 10.7. The number of hydrogen-bond donors (Lipinski definition) is 3. The summed E-state index contributed by atoms with van der Waals surface area (Å²) in [5.74, 6) is -0.104. The number of anilines is 2. The Labute approximate surface area is 181 Å². The van der Waals surface area contributed by atoms with E-state index >= 15 is 0 Å². The molecule has 3 N–H and O–H groups in total. The zero-order valence-electron chi connectivity index (χ0n) is 17.8. The van der Waals surface area contributed by atoms with Gasteiger partial charge >= 0.3 is 6.09 Å². The van der Waals surface area contributed by atoms with Gasteiger partial charge in [0.25, 0.3) is 5.91 Å². The van der Waals surface area contributed by atoms with Gasteiger partial charge in [0.1, 0.15) is 11.5 Å². The Morgan fingerprint density at radius 2 is 1.77 bits per heavy atom. The summed E-state index contributed by atoms with van der Waals surface area (Å²) in [6.07, 6.45) is -0.603. The lowest BCUT2D eigenvalue weighted by molar-refractivity contribution is 0.102. The number of nitrogens with one attached hydrogen (secondary N) is 2. The molecule has 162 valence electrons. The van der Waals surface area contributed by atoms with Crippen LogP contribution in [0.5, 0.6) is 11.5 Å². The number of fused-ring (bicyclic) bond motifs is 1. The molecular weight excluding hydrogens is 396 g/mol. The molecule has 0 aromatic heterocycles. The van der Waals surface area contributed by atoms with Crippen LogP contribution in [0.3, 0.4) is 0 Å². The predicted octanol–water partition coefficient (Wildman–Crippen LogP) is 5.40. The van der Waals surface area contributed by atoms with Crippen LogP contribution >= 0.6 is 0 Å². The average molecular weight is 422 g/mol. The molecule has 31 heavy (non-hydrogen) atoms. The third-order valence-electron chi connectivity index (χ3n) is 4.46. The summed E-state index contributed by atoms with van der Waals surface area (Å²) in [6.45, 7) is 6.32. The van der Waals surface area contributed by atoms with Crippen LogP contribution in [0.4, 0.5) is 16.2 Å².